The molecular weight excluding hydrogens is 278 g/mol. The van der Waals surface area contributed by atoms with E-state index in [-0.39, 0.29) is 5.91 Å². The summed E-state index contributed by atoms with van der Waals surface area (Å²) in [6.45, 7) is 4.02. The van der Waals surface area contributed by atoms with Gasteiger partial charge in [0.25, 0.3) is 0 Å². The molecule has 1 N–H and O–H groups in total. The lowest BCUT2D eigenvalue weighted by atomic mass is 9.93. The molecule has 1 aliphatic carbocycles. The molecule has 0 unspecified atom stereocenters. The Kier molecular flexibility index (Phi) is 3.80. The van der Waals surface area contributed by atoms with Crippen molar-refractivity contribution >= 4 is 23.0 Å². The zero-order valence-corrected chi connectivity index (χ0v) is 12.8. The van der Waals surface area contributed by atoms with Gasteiger partial charge in [0.15, 0.2) is 5.65 Å². The van der Waals surface area contributed by atoms with Crippen LogP contribution in [0.4, 0.5) is 5.95 Å². The number of aromatic nitrogens is 3. The van der Waals surface area contributed by atoms with E-state index in [2.05, 4.69) is 21.4 Å². The van der Waals surface area contributed by atoms with Gasteiger partial charge in [-0.2, -0.15) is 5.26 Å². The van der Waals surface area contributed by atoms with Crippen molar-refractivity contribution in [3.63, 3.8) is 0 Å². The topological polar surface area (TPSA) is 83.6 Å². The van der Waals surface area contributed by atoms with E-state index in [1.165, 1.54) is 6.42 Å². The minimum absolute atomic E-state index is 0.0358. The summed E-state index contributed by atoms with van der Waals surface area (Å²) in [5.74, 6) is 0.809. The van der Waals surface area contributed by atoms with Gasteiger partial charge < -0.3 is 0 Å². The first-order valence-corrected chi connectivity index (χ1v) is 7.67. The Morgan fingerprint density at radius 3 is 2.82 bits per heavy atom. The summed E-state index contributed by atoms with van der Waals surface area (Å²) in [7, 11) is 0. The molecule has 0 aromatic carbocycles. The standard InChI is InChI=1S/C16H19N5O/c1-10(2)8-14(22)20-16-19-13-7-6-11(9-17)18-15(13)21(16)12-4-3-5-12/h6-7,10,12H,3-5,8H2,1-2H3,(H,19,20,22). The first kappa shape index (κ1) is 14.5. The number of carbonyl (C=O) groups excluding carboxylic acids is 1. The van der Waals surface area contributed by atoms with Crippen LogP contribution in [0.25, 0.3) is 11.2 Å². The normalized spacial score (nSPS) is 14.8. The molecule has 1 fully saturated rings. The Labute approximate surface area is 129 Å². The van der Waals surface area contributed by atoms with Crippen LogP contribution in [0.15, 0.2) is 12.1 Å². The molecule has 0 saturated heterocycles. The van der Waals surface area contributed by atoms with Crippen LogP contribution in [-0.2, 0) is 4.79 Å². The Balaban J connectivity index is 2.01. The van der Waals surface area contributed by atoms with Crippen LogP contribution in [0.2, 0.25) is 0 Å². The average Bonchev–Trinajstić information content (AvgIpc) is 2.73. The molecule has 6 nitrogen and oxygen atoms in total. The molecular formula is C16H19N5O. The second-order valence-electron chi connectivity index (χ2n) is 6.19. The molecule has 0 spiro atoms. The third kappa shape index (κ3) is 2.67. The van der Waals surface area contributed by atoms with Crippen LogP contribution in [0.3, 0.4) is 0 Å². The second-order valence-corrected chi connectivity index (χ2v) is 6.19. The summed E-state index contributed by atoms with van der Waals surface area (Å²) in [5, 5.41) is 11.9. The fourth-order valence-electron chi connectivity index (χ4n) is 2.66. The number of imidazole rings is 1. The van der Waals surface area contributed by atoms with Crippen LogP contribution >= 0.6 is 0 Å². The molecule has 1 saturated carbocycles. The van der Waals surface area contributed by atoms with Crippen molar-refractivity contribution in [1.82, 2.24) is 14.5 Å². The Bertz CT molecular complexity index is 752. The van der Waals surface area contributed by atoms with Crippen molar-refractivity contribution in [3.05, 3.63) is 17.8 Å². The van der Waals surface area contributed by atoms with Crippen LogP contribution in [-0.4, -0.2) is 20.4 Å². The van der Waals surface area contributed by atoms with Gasteiger partial charge in [-0.05, 0) is 37.3 Å². The van der Waals surface area contributed by atoms with Gasteiger partial charge in [-0.25, -0.2) is 9.97 Å². The number of fused-ring (bicyclic) bond motifs is 1. The van der Waals surface area contributed by atoms with Crippen molar-refractivity contribution in [3.8, 4) is 6.07 Å². The van der Waals surface area contributed by atoms with Gasteiger partial charge in [-0.1, -0.05) is 13.8 Å². The summed E-state index contributed by atoms with van der Waals surface area (Å²) >= 11 is 0. The summed E-state index contributed by atoms with van der Waals surface area (Å²) in [5.41, 5.74) is 1.77. The highest BCUT2D eigenvalue weighted by Gasteiger charge is 2.26. The quantitative estimate of drug-likeness (QED) is 0.940. The molecule has 0 bridgehead atoms. The van der Waals surface area contributed by atoms with Gasteiger partial charge >= 0.3 is 0 Å². The van der Waals surface area contributed by atoms with E-state index in [1.54, 1.807) is 12.1 Å². The number of rotatable bonds is 4. The number of anilines is 1. The largest absolute Gasteiger partial charge is 0.296 e. The average molecular weight is 297 g/mol. The number of nitrogens with one attached hydrogen (secondary N) is 1. The minimum Gasteiger partial charge on any atom is -0.296 e. The highest BCUT2D eigenvalue weighted by atomic mass is 16.1. The lowest BCUT2D eigenvalue weighted by Gasteiger charge is -2.28. The minimum atomic E-state index is -0.0358. The predicted octanol–water partition coefficient (Wildman–Crippen LogP) is 3.01. The Hall–Kier alpha value is -2.42. The van der Waals surface area contributed by atoms with Crippen molar-refractivity contribution < 1.29 is 4.79 Å². The van der Waals surface area contributed by atoms with Crippen LogP contribution in [0.1, 0.15) is 51.3 Å². The lowest BCUT2D eigenvalue weighted by Crippen LogP contribution is -2.23. The van der Waals surface area contributed by atoms with E-state index in [4.69, 9.17) is 5.26 Å². The molecule has 0 radical (unpaired) electrons. The highest BCUT2D eigenvalue weighted by molar-refractivity contribution is 5.91. The molecule has 2 aromatic heterocycles. The van der Waals surface area contributed by atoms with Crippen LogP contribution in [0.5, 0.6) is 0 Å². The molecule has 114 valence electrons. The second kappa shape index (κ2) is 5.76. The maximum atomic E-state index is 12.1. The van der Waals surface area contributed by atoms with Gasteiger partial charge in [-0.15, -0.1) is 0 Å². The number of pyridine rings is 1. The third-order valence-corrected chi connectivity index (χ3v) is 3.94. The first-order valence-electron chi connectivity index (χ1n) is 7.67. The maximum absolute atomic E-state index is 12.1. The molecule has 0 aliphatic heterocycles. The SMILES string of the molecule is CC(C)CC(=O)Nc1nc2ccc(C#N)nc2n1C1CCC1. The van der Waals surface area contributed by atoms with E-state index in [1.807, 2.05) is 18.4 Å². The van der Waals surface area contributed by atoms with Crippen LogP contribution < -0.4 is 5.32 Å². The van der Waals surface area contributed by atoms with Gasteiger partial charge in [0.05, 0.1) is 0 Å². The predicted molar refractivity (Wildman–Crippen MR) is 83.2 cm³/mol. The van der Waals surface area contributed by atoms with Crippen molar-refractivity contribution in [2.75, 3.05) is 5.32 Å². The number of nitrogens with zero attached hydrogens (tertiary/aromatic N) is 4. The number of hydrogen-bond donors (Lipinski definition) is 1. The summed E-state index contributed by atoms with van der Waals surface area (Å²) in [4.78, 5) is 20.9. The molecule has 2 heterocycles. The summed E-state index contributed by atoms with van der Waals surface area (Å²) in [6.07, 6.45) is 3.74. The van der Waals surface area contributed by atoms with E-state index in [9.17, 15) is 4.79 Å². The molecule has 2 aromatic rings. The maximum Gasteiger partial charge on any atom is 0.226 e. The first-order chi connectivity index (χ1) is 10.6. The van der Waals surface area contributed by atoms with Crippen LogP contribution in [0, 0.1) is 17.2 Å². The van der Waals surface area contributed by atoms with E-state index in [0.29, 0.717) is 41.2 Å². The fraction of sp³-hybridized carbons (Fsp3) is 0.500. The summed E-state index contributed by atoms with van der Waals surface area (Å²) < 4.78 is 1.98. The Morgan fingerprint density at radius 1 is 1.45 bits per heavy atom. The van der Waals surface area contributed by atoms with Crippen molar-refractivity contribution in [1.29, 1.82) is 5.26 Å². The zero-order chi connectivity index (χ0) is 15.7. The van der Waals surface area contributed by atoms with Crippen molar-refractivity contribution in [2.45, 2.75) is 45.6 Å². The van der Waals surface area contributed by atoms with Gasteiger partial charge in [0.2, 0.25) is 11.9 Å². The molecule has 3 rings (SSSR count). The number of carbonyl (C=O) groups is 1. The lowest BCUT2D eigenvalue weighted by molar-refractivity contribution is -0.116. The zero-order valence-electron chi connectivity index (χ0n) is 12.8. The molecule has 6 heteroatoms. The molecule has 1 amide bonds. The third-order valence-electron chi connectivity index (χ3n) is 3.94. The highest BCUT2D eigenvalue weighted by Crippen LogP contribution is 2.36. The Morgan fingerprint density at radius 2 is 2.23 bits per heavy atom. The number of nitriles is 1. The van der Waals surface area contributed by atoms with Crippen molar-refractivity contribution in [2.24, 2.45) is 5.92 Å². The molecule has 0 atom stereocenters. The van der Waals surface area contributed by atoms with E-state index in [0.717, 1.165) is 12.8 Å². The summed E-state index contributed by atoms with van der Waals surface area (Å²) in [6, 6.07) is 5.80. The fourth-order valence-corrected chi connectivity index (χ4v) is 2.66. The van der Waals surface area contributed by atoms with Gasteiger partial charge in [-0.3, -0.25) is 14.7 Å². The molecule has 22 heavy (non-hydrogen) atoms. The molecule has 1 aliphatic rings. The number of hydrogen-bond acceptors (Lipinski definition) is 4. The van der Waals surface area contributed by atoms with Gasteiger partial charge in [0, 0.05) is 12.5 Å². The van der Waals surface area contributed by atoms with Gasteiger partial charge in [0.1, 0.15) is 17.3 Å². The monoisotopic (exact) mass is 297 g/mol. The van der Waals surface area contributed by atoms with E-state index < -0.39 is 0 Å². The number of amides is 1. The smallest absolute Gasteiger partial charge is 0.226 e. The van der Waals surface area contributed by atoms with E-state index >= 15 is 0 Å².